The maximum atomic E-state index is 2.26. The molecular formula is C20H24S. The van der Waals surface area contributed by atoms with Gasteiger partial charge in [-0.2, -0.15) is 0 Å². The number of benzene rings is 2. The van der Waals surface area contributed by atoms with Gasteiger partial charge in [-0.05, 0) is 54.5 Å². The first kappa shape index (κ1) is 15.9. The molecule has 110 valence electrons. The van der Waals surface area contributed by atoms with E-state index in [0.717, 1.165) is 0 Å². The van der Waals surface area contributed by atoms with Gasteiger partial charge in [-0.3, -0.25) is 0 Å². The predicted molar refractivity (Wildman–Crippen MR) is 95.7 cm³/mol. The summed E-state index contributed by atoms with van der Waals surface area (Å²) in [4.78, 5) is 1.29. The van der Waals surface area contributed by atoms with Gasteiger partial charge < -0.3 is 0 Å². The van der Waals surface area contributed by atoms with Gasteiger partial charge in [-0.15, -0.1) is 0 Å². The lowest BCUT2D eigenvalue weighted by Crippen LogP contribution is -1.85. The van der Waals surface area contributed by atoms with Crippen molar-refractivity contribution in [2.45, 2.75) is 44.4 Å². The molecule has 0 aliphatic rings. The molecule has 0 atom stereocenters. The Labute approximate surface area is 133 Å². The second-order valence-electron chi connectivity index (χ2n) is 5.43. The highest BCUT2D eigenvalue weighted by atomic mass is 32.2. The van der Waals surface area contributed by atoms with Crippen LogP contribution in [0.1, 0.15) is 42.9 Å². The van der Waals surface area contributed by atoms with E-state index >= 15 is 0 Å². The first-order chi connectivity index (χ1) is 10.3. The summed E-state index contributed by atoms with van der Waals surface area (Å²) >= 11 is 1.76. The molecule has 0 unspecified atom stereocenters. The van der Waals surface area contributed by atoms with Crippen molar-refractivity contribution < 1.29 is 0 Å². The van der Waals surface area contributed by atoms with Crippen molar-refractivity contribution in [1.82, 2.24) is 0 Å². The van der Waals surface area contributed by atoms with E-state index in [0.29, 0.717) is 0 Å². The molecule has 0 saturated carbocycles. The second kappa shape index (κ2) is 8.74. The lowest BCUT2D eigenvalue weighted by Gasteiger charge is -2.01. The normalized spacial score (nSPS) is 11.1. The molecule has 1 heteroatoms. The molecule has 2 aromatic carbocycles. The Morgan fingerprint density at radius 3 is 2.29 bits per heavy atom. The van der Waals surface area contributed by atoms with Gasteiger partial charge in [0.2, 0.25) is 0 Å². The Balaban J connectivity index is 1.84. The highest BCUT2D eigenvalue weighted by Gasteiger charge is 1.94. The zero-order valence-electron chi connectivity index (χ0n) is 13.0. The molecule has 0 aliphatic carbocycles. The Hall–Kier alpha value is -1.47. The summed E-state index contributed by atoms with van der Waals surface area (Å²) in [5.41, 5.74) is 4.03. The number of thioether (sulfide) groups is 1. The smallest absolute Gasteiger partial charge is 0.0116 e. The molecule has 0 aromatic heterocycles. The maximum Gasteiger partial charge on any atom is 0.0116 e. The van der Waals surface area contributed by atoms with E-state index in [1.807, 2.05) is 0 Å². The highest BCUT2D eigenvalue weighted by Crippen LogP contribution is 2.21. The Morgan fingerprint density at radius 2 is 1.62 bits per heavy atom. The Bertz CT molecular complexity index is 549. The van der Waals surface area contributed by atoms with E-state index in [1.54, 1.807) is 11.8 Å². The monoisotopic (exact) mass is 296 g/mol. The molecule has 0 heterocycles. The fraction of sp³-hybridized carbons (Fsp3) is 0.300. The third-order valence-corrected chi connectivity index (χ3v) is 4.35. The molecule has 0 saturated heterocycles. The van der Waals surface area contributed by atoms with E-state index in [4.69, 9.17) is 0 Å². The summed E-state index contributed by atoms with van der Waals surface area (Å²) < 4.78 is 0. The van der Waals surface area contributed by atoms with Crippen LogP contribution in [0, 0.1) is 6.92 Å². The van der Waals surface area contributed by atoms with Crippen molar-refractivity contribution in [1.29, 1.82) is 0 Å². The number of rotatable bonds is 7. The average Bonchev–Trinajstić information content (AvgIpc) is 2.51. The molecule has 0 fully saturated rings. The second-order valence-corrected chi connectivity index (χ2v) is 6.41. The summed E-state index contributed by atoms with van der Waals surface area (Å²) in [6.45, 7) is 4.37. The quantitative estimate of drug-likeness (QED) is 0.415. The van der Waals surface area contributed by atoms with Gasteiger partial charge in [0.1, 0.15) is 0 Å². The van der Waals surface area contributed by atoms with E-state index in [1.165, 1.54) is 47.3 Å². The summed E-state index contributed by atoms with van der Waals surface area (Å²) in [7, 11) is 0. The molecule has 0 nitrogen and oxygen atoms in total. The lowest BCUT2D eigenvalue weighted by atomic mass is 10.1. The van der Waals surface area contributed by atoms with Crippen LogP contribution in [0.4, 0.5) is 0 Å². The molecular weight excluding hydrogens is 272 g/mol. The van der Waals surface area contributed by atoms with Gasteiger partial charge in [-0.1, -0.05) is 73.5 Å². The SMILES string of the molecule is CCCCCc1ccc(/C=C\Sc2ccc(C)cc2)cc1. The van der Waals surface area contributed by atoms with Crippen LogP contribution in [0.5, 0.6) is 0 Å². The zero-order valence-corrected chi connectivity index (χ0v) is 13.8. The van der Waals surface area contributed by atoms with Crippen molar-refractivity contribution in [3.63, 3.8) is 0 Å². The van der Waals surface area contributed by atoms with Crippen LogP contribution in [0.15, 0.2) is 58.8 Å². The third-order valence-electron chi connectivity index (χ3n) is 3.53. The molecule has 2 rings (SSSR count). The van der Waals surface area contributed by atoms with Crippen LogP contribution >= 0.6 is 11.8 Å². The largest absolute Gasteiger partial charge is 0.0981 e. The third kappa shape index (κ3) is 5.81. The van der Waals surface area contributed by atoms with Crippen LogP contribution in [-0.4, -0.2) is 0 Å². The molecule has 0 radical (unpaired) electrons. The summed E-state index contributed by atoms with van der Waals surface area (Å²) in [6.07, 6.45) is 7.30. The lowest BCUT2D eigenvalue weighted by molar-refractivity contribution is 0.717. The van der Waals surface area contributed by atoms with Crippen molar-refractivity contribution in [2.24, 2.45) is 0 Å². The zero-order chi connectivity index (χ0) is 14.9. The van der Waals surface area contributed by atoms with E-state index < -0.39 is 0 Å². The summed E-state index contributed by atoms with van der Waals surface area (Å²) in [5.74, 6) is 0. The highest BCUT2D eigenvalue weighted by molar-refractivity contribution is 8.02. The van der Waals surface area contributed by atoms with Gasteiger partial charge in [0.15, 0.2) is 0 Å². The van der Waals surface area contributed by atoms with Crippen molar-refractivity contribution in [3.05, 3.63) is 70.6 Å². The molecule has 0 bridgehead atoms. The van der Waals surface area contributed by atoms with Crippen LogP contribution in [0.3, 0.4) is 0 Å². The van der Waals surface area contributed by atoms with E-state index in [-0.39, 0.29) is 0 Å². The molecule has 0 aliphatic heterocycles. The first-order valence-corrected chi connectivity index (χ1v) is 8.64. The van der Waals surface area contributed by atoms with Gasteiger partial charge >= 0.3 is 0 Å². The maximum absolute atomic E-state index is 2.26. The van der Waals surface area contributed by atoms with E-state index in [2.05, 4.69) is 73.9 Å². The van der Waals surface area contributed by atoms with Gasteiger partial charge in [0.25, 0.3) is 0 Å². The van der Waals surface area contributed by atoms with Gasteiger partial charge in [0.05, 0.1) is 0 Å². The minimum absolute atomic E-state index is 1.20. The van der Waals surface area contributed by atoms with Crippen molar-refractivity contribution in [2.75, 3.05) is 0 Å². The van der Waals surface area contributed by atoms with Crippen LogP contribution in [0.2, 0.25) is 0 Å². The summed E-state index contributed by atoms with van der Waals surface area (Å²) in [5, 5.41) is 2.16. The fourth-order valence-corrected chi connectivity index (χ4v) is 2.86. The van der Waals surface area contributed by atoms with Crippen molar-refractivity contribution >= 4 is 17.8 Å². The molecule has 0 spiro atoms. The number of aryl methyl sites for hydroxylation is 2. The minimum atomic E-state index is 1.20. The van der Waals surface area contributed by atoms with Crippen LogP contribution in [-0.2, 0) is 6.42 Å². The number of hydrogen-bond donors (Lipinski definition) is 0. The number of hydrogen-bond acceptors (Lipinski definition) is 1. The van der Waals surface area contributed by atoms with Crippen LogP contribution in [0.25, 0.3) is 6.08 Å². The molecule has 0 amide bonds. The minimum Gasteiger partial charge on any atom is -0.0981 e. The van der Waals surface area contributed by atoms with Gasteiger partial charge in [0, 0.05) is 4.90 Å². The molecule has 0 N–H and O–H groups in total. The number of unbranched alkanes of at least 4 members (excludes halogenated alkanes) is 2. The van der Waals surface area contributed by atoms with E-state index in [9.17, 15) is 0 Å². The molecule has 2 aromatic rings. The Kier molecular flexibility index (Phi) is 6.62. The molecule has 21 heavy (non-hydrogen) atoms. The Morgan fingerprint density at radius 1 is 0.905 bits per heavy atom. The van der Waals surface area contributed by atoms with Crippen LogP contribution < -0.4 is 0 Å². The fourth-order valence-electron chi connectivity index (χ4n) is 2.18. The summed E-state index contributed by atoms with van der Waals surface area (Å²) in [6, 6.07) is 17.6. The standard InChI is InChI=1S/C20H24S/c1-3-4-5-6-18-9-11-19(12-10-18)15-16-21-20-13-7-17(2)8-14-20/h7-16H,3-6H2,1-2H3/b16-15-. The predicted octanol–water partition coefficient (Wildman–Crippen LogP) is 6.49. The average molecular weight is 296 g/mol. The topological polar surface area (TPSA) is 0 Å². The van der Waals surface area contributed by atoms with Gasteiger partial charge in [-0.25, -0.2) is 0 Å². The first-order valence-electron chi connectivity index (χ1n) is 7.77. The van der Waals surface area contributed by atoms with Crippen molar-refractivity contribution in [3.8, 4) is 0 Å².